The number of ether oxygens (including phenoxy) is 1. The molecule has 0 radical (unpaired) electrons. The second-order valence-corrected chi connectivity index (χ2v) is 5.73. The third-order valence-corrected chi connectivity index (χ3v) is 3.94. The summed E-state index contributed by atoms with van der Waals surface area (Å²) >= 11 is 1.72. The van der Waals surface area contributed by atoms with Gasteiger partial charge in [0, 0.05) is 23.2 Å². The Morgan fingerprint density at radius 2 is 1.90 bits per heavy atom. The number of nitrogens with one attached hydrogen (secondary N) is 1. The van der Waals surface area contributed by atoms with Crippen molar-refractivity contribution in [2.24, 2.45) is 0 Å². The maximum absolute atomic E-state index is 5.80. The predicted octanol–water partition coefficient (Wildman–Crippen LogP) is 4.40. The minimum absolute atomic E-state index is 0.642. The van der Waals surface area contributed by atoms with Crippen molar-refractivity contribution in [3.05, 3.63) is 47.7 Å². The first-order chi connectivity index (χ1) is 10.2. The molecule has 0 fully saturated rings. The van der Waals surface area contributed by atoms with E-state index in [-0.39, 0.29) is 0 Å². The molecule has 112 valence electrons. The second-order valence-electron chi connectivity index (χ2n) is 4.85. The zero-order valence-electron chi connectivity index (χ0n) is 12.8. The number of thioether (sulfide) groups is 1. The van der Waals surface area contributed by atoms with Gasteiger partial charge in [0.25, 0.3) is 0 Å². The Balaban J connectivity index is 2.01. The summed E-state index contributed by atoms with van der Waals surface area (Å²) in [5.74, 6) is 1.46. The Hall–Kier alpha value is -1.52. The predicted molar refractivity (Wildman–Crippen MR) is 89.3 cm³/mol. The molecule has 1 heterocycles. The fourth-order valence-electron chi connectivity index (χ4n) is 1.97. The van der Waals surface area contributed by atoms with Crippen molar-refractivity contribution in [1.29, 1.82) is 0 Å². The lowest BCUT2D eigenvalue weighted by Gasteiger charge is -2.10. The van der Waals surface area contributed by atoms with Crippen LogP contribution in [-0.4, -0.2) is 17.8 Å². The van der Waals surface area contributed by atoms with E-state index in [0.717, 1.165) is 31.0 Å². The summed E-state index contributed by atoms with van der Waals surface area (Å²) in [5.41, 5.74) is 2.23. The van der Waals surface area contributed by atoms with Crippen molar-refractivity contribution in [3.63, 3.8) is 0 Å². The summed E-state index contributed by atoms with van der Waals surface area (Å²) in [6.45, 7) is 6.07. The molecule has 1 aromatic carbocycles. The molecule has 0 aliphatic heterocycles. The summed E-state index contributed by atoms with van der Waals surface area (Å²) in [4.78, 5) is 5.75. The monoisotopic (exact) mass is 302 g/mol. The second kappa shape index (κ2) is 8.05. The number of hydrogen-bond acceptors (Lipinski definition) is 4. The van der Waals surface area contributed by atoms with Gasteiger partial charge in [-0.2, -0.15) is 0 Å². The summed E-state index contributed by atoms with van der Waals surface area (Å²) in [7, 11) is 0. The molecule has 0 aliphatic carbocycles. The fraction of sp³-hybridized carbons (Fsp3) is 0.353. The molecule has 0 aliphatic rings. The van der Waals surface area contributed by atoms with Gasteiger partial charge >= 0.3 is 0 Å². The van der Waals surface area contributed by atoms with Crippen LogP contribution in [0.2, 0.25) is 0 Å². The molecule has 0 amide bonds. The van der Waals surface area contributed by atoms with Crippen molar-refractivity contribution < 1.29 is 4.74 Å². The molecule has 0 spiro atoms. The Morgan fingerprint density at radius 3 is 2.52 bits per heavy atom. The Labute approximate surface area is 131 Å². The Bertz CT molecular complexity index is 570. The average Bonchev–Trinajstić information content (AvgIpc) is 2.50. The van der Waals surface area contributed by atoms with E-state index in [2.05, 4.69) is 41.7 Å². The van der Waals surface area contributed by atoms with Crippen molar-refractivity contribution in [1.82, 2.24) is 10.3 Å². The van der Waals surface area contributed by atoms with Gasteiger partial charge in [-0.25, -0.2) is 4.98 Å². The SMILES string of the molecule is CCCNCc1ccc(Oc2ccc(SC)cc2)nc1C. The normalized spacial score (nSPS) is 10.6. The largest absolute Gasteiger partial charge is 0.439 e. The van der Waals surface area contributed by atoms with Crippen LogP contribution in [0.1, 0.15) is 24.6 Å². The molecule has 3 nitrogen and oxygen atoms in total. The molecule has 4 heteroatoms. The van der Waals surface area contributed by atoms with Crippen LogP contribution in [0.25, 0.3) is 0 Å². The number of hydrogen-bond donors (Lipinski definition) is 1. The highest BCUT2D eigenvalue weighted by Gasteiger charge is 2.04. The van der Waals surface area contributed by atoms with E-state index in [1.807, 2.05) is 25.1 Å². The van der Waals surface area contributed by atoms with E-state index in [9.17, 15) is 0 Å². The summed E-state index contributed by atoms with van der Waals surface area (Å²) in [6, 6.07) is 12.1. The lowest BCUT2D eigenvalue weighted by atomic mass is 10.2. The van der Waals surface area contributed by atoms with Gasteiger partial charge in [0.05, 0.1) is 0 Å². The van der Waals surface area contributed by atoms with Crippen molar-refractivity contribution in [2.75, 3.05) is 12.8 Å². The standard InChI is InChI=1S/C17H22N2OS/c1-4-11-18-12-14-5-10-17(19-13(14)2)20-15-6-8-16(21-3)9-7-15/h5-10,18H,4,11-12H2,1-3H3. The first-order valence-corrected chi connectivity index (χ1v) is 8.44. The van der Waals surface area contributed by atoms with Crippen molar-refractivity contribution in [3.8, 4) is 11.6 Å². The molecule has 0 saturated heterocycles. The molecule has 21 heavy (non-hydrogen) atoms. The van der Waals surface area contributed by atoms with Gasteiger partial charge in [-0.05, 0) is 56.0 Å². The van der Waals surface area contributed by atoms with Crippen LogP contribution in [0.5, 0.6) is 11.6 Å². The molecular formula is C17H22N2OS. The molecule has 0 unspecified atom stereocenters. The van der Waals surface area contributed by atoms with Crippen LogP contribution in [0.4, 0.5) is 0 Å². The highest BCUT2D eigenvalue weighted by molar-refractivity contribution is 7.98. The molecule has 0 atom stereocenters. The number of benzene rings is 1. The van der Waals surface area contributed by atoms with Crippen LogP contribution in [-0.2, 0) is 6.54 Å². The van der Waals surface area contributed by atoms with Gasteiger partial charge in [0.2, 0.25) is 5.88 Å². The Morgan fingerprint density at radius 1 is 1.14 bits per heavy atom. The molecule has 2 aromatic rings. The van der Waals surface area contributed by atoms with Gasteiger partial charge in [-0.15, -0.1) is 11.8 Å². The van der Waals surface area contributed by atoms with Gasteiger partial charge in [0.1, 0.15) is 5.75 Å². The van der Waals surface area contributed by atoms with Gasteiger partial charge in [-0.1, -0.05) is 13.0 Å². The zero-order chi connectivity index (χ0) is 15.1. The number of aromatic nitrogens is 1. The first-order valence-electron chi connectivity index (χ1n) is 7.22. The zero-order valence-corrected chi connectivity index (χ0v) is 13.7. The van der Waals surface area contributed by atoms with Crippen LogP contribution < -0.4 is 10.1 Å². The van der Waals surface area contributed by atoms with E-state index < -0.39 is 0 Å². The van der Waals surface area contributed by atoms with E-state index >= 15 is 0 Å². The number of nitrogens with zero attached hydrogens (tertiary/aromatic N) is 1. The Kier molecular flexibility index (Phi) is 6.08. The van der Waals surface area contributed by atoms with Crippen molar-refractivity contribution in [2.45, 2.75) is 31.7 Å². The molecule has 1 aromatic heterocycles. The maximum atomic E-state index is 5.80. The topological polar surface area (TPSA) is 34.1 Å². The molecule has 0 saturated carbocycles. The minimum atomic E-state index is 0.642. The van der Waals surface area contributed by atoms with E-state index in [1.54, 1.807) is 11.8 Å². The van der Waals surface area contributed by atoms with Gasteiger partial charge in [0.15, 0.2) is 0 Å². The molecule has 1 N–H and O–H groups in total. The lowest BCUT2D eigenvalue weighted by Crippen LogP contribution is -2.15. The first kappa shape index (κ1) is 15.9. The number of aryl methyl sites for hydroxylation is 1. The van der Waals surface area contributed by atoms with E-state index in [0.29, 0.717) is 5.88 Å². The third kappa shape index (κ3) is 4.76. The van der Waals surface area contributed by atoms with Crippen LogP contribution in [0.3, 0.4) is 0 Å². The van der Waals surface area contributed by atoms with Crippen LogP contribution in [0.15, 0.2) is 41.3 Å². The molecular weight excluding hydrogens is 280 g/mol. The lowest BCUT2D eigenvalue weighted by molar-refractivity contribution is 0.460. The molecule has 0 bridgehead atoms. The van der Waals surface area contributed by atoms with Gasteiger partial charge < -0.3 is 10.1 Å². The highest BCUT2D eigenvalue weighted by Crippen LogP contribution is 2.23. The van der Waals surface area contributed by atoms with E-state index in [4.69, 9.17) is 4.74 Å². The number of rotatable bonds is 7. The number of pyridine rings is 1. The van der Waals surface area contributed by atoms with Crippen LogP contribution in [0, 0.1) is 6.92 Å². The quantitative estimate of drug-likeness (QED) is 0.607. The maximum Gasteiger partial charge on any atom is 0.219 e. The third-order valence-electron chi connectivity index (χ3n) is 3.19. The minimum Gasteiger partial charge on any atom is -0.439 e. The van der Waals surface area contributed by atoms with E-state index in [1.165, 1.54) is 10.5 Å². The van der Waals surface area contributed by atoms with Crippen LogP contribution >= 0.6 is 11.8 Å². The molecule has 2 rings (SSSR count). The van der Waals surface area contributed by atoms with Gasteiger partial charge in [-0.3, -0.25) is 0 Å². The summed E-state index contributed by atoms with van der Waals surface area (Å²) in [5, 5.41) is 3.39. The van der Waals surface area contributed by atoms with Crippen molar-refractivity contribution >= 4 is 11.8 Å². The summed E-state index contributed by atoms with van der Waals surface area (Å²) in [6.07, 6.45) is 3.20. The fourth-order valence-corrected chi connectivity index (χ4v) is 2.38. The summed E-state index contributed by atoms with van der Waals surface area (Å²) < 4.78 is 5.80. The highest BCUT2D eigenvalue weighted by atomic mass is 32.2. The smallest absolute Gasteiger partial charge is 0.219 e. The average molecular weight is 302 g/mol.